The predicted molar refractivity (Wildman–Crippen MR) is 64.4 cm³/mol. The lowest BCUT2D eigenvalue weighted by Gasteiger charge is -2.36. The zero-order valence-electron chi connectivity index (χ0n) is 10.2. The van der Waals surface area contributed by atoms with Gasteiger partial charge in [0.25, 0.3) is 5.91 Å². The summed E-state index contributed by atoms with van der Waals surface area (Å²) >= 11 is 0. The summed E-state index contributed by atoms with van der Waals surface area (Å²) in [6.07, 6.45) is 0. The fraction of sp³-hybridized carbons (Fsp3) is 0.462. The molecule has 98 valence electrons. The zero-order valence-corrected chi connectivity index (χ0v) is 10.2. The second-order valence-corrected chi connectivity index (χ2v) is 4.49. The number of amides is 1. The molecule has 18 heavy (non-hydrogen) atoms. The smallest absolute Gasteiger partial charge is 0.332 e. The minimum absolute atomic E-state index is 0.208. The molecule has 1 aromatic rings. The van der Waals surface area contributed by atoms with Crippen LogP contribution in [0.4, 0.5) is 8.78 Å². The zero-order chi connectivity index (χ0) is 13.2. The minimum atomic E-state index is -3.45. The Bertz CT molecular complexity index is 422. The first-order valence-electron chi connectivity index (χ1n) is 5.98. The Morgan fingerprint density at radius 3 is 2.67 bits per heavy atom. The van der Waals surface area contributed by atoms with Gasteiger partial charge in [-0.15, -0.1) is 0 Å². The Labute approximate surface area is 105 Å². The number of halogens is 2. The van der Waals surface area contributed by atoms with Crippen LogP contribution in [0.15, 0.2) is 30.3 Å². The number of hydrogen-bond donors (Lipinski definition) is 1. The van der Waals surface area contributed by atoms with Gasteiger partial charge in [0.1, 0.15) is 0 Å². The van der Waals surface area contributed by atoms with Crippen LogP contribution in [0, 0.1) is 0 Å². The Balaban J connectivity index is 2.21. The average Bonchev–Trinajstić information content (AvgIpc) is 2.39. The molecule has 1 aliphatic rings. The monoisotopic (exact) mass is 254 g/mol. The molecule has 0 radical (unpaired) electrons. The summed E-state index contributed by atoms with van der Waals surface area (Å²) in [5.74, 6) is -4.56. The highest BCUT2D eigenvalue weighted by Gasteiger charge is 2.45. The van der Waals surface area contributed by atoms with Gasteiger partial charge < -0.3 is 10.2 Å². The second kappa shape index (κ2) is 5.02. The highest BCUT2D eigenvalue weighted by molar-refractivity contribution is 5.85. The summed E-state index contributed by atoms with van der Waals surface area (Å²) in [6.45, 7) is 3.20. The van der Waals surface area contributed by atoms with E-state index in [0.29, 0.717) is 19.6 Å². The van der Waals surface area contributed by atoms with Crippen molar-refractivity contribution in [3.63, 3.8) is 0 Å². The Hall–Kier alpha value is -1.49. The maximum Gasteiger partial charge on any atom is 0.349 e. The maximum absolute atomic E-state index is 14.1. The number of rotatable bonds is 2. The first-order chi connectivity index (χ1) is 8.53. The van der Waals surface area contributed by atoms with Crippen molar-refractivity contribution in [3.05, 3.63) is 35.9 Å². The number of nitrogens with one attached hydrogen (secondary N) is 1. The van der Waals surface area contributed by atoms with Crippen molar-refractivity contribution >= 4 is 5.91 Å². The molecule has 1 fully saturated rings. The molecule has 1 amide bonds. The lowest BCUT2D eigenvalue weighted by Crippen LogP contribution is -2.55. The Morgan fingerprint density at radius 2 is 2.06 bits per heavy atom. The van der Waals surface area contributed by atoms with Crippen LogP contribution in [0.5, 0.6) is 0 Å². The summed E-state index contributed by atoms with van der Waals surface area (Å²) < 4.78 is 28.2. The summed E-state index contributed by atoms with van der Waals surface area (Å²) in [6, 6.07) is 7.03. The topological polar surface area (TPSA) is 32.3 Å². The molecule has 5 heteroatoms. The molecule has 0 aliphatic carbocycles. The van der Waals surface area contributed by atoms with Crippen molar-refractivity contribution in [1.29, 1.82) is 0 Å². The maximum atomic E-state index is 14.1. The van der Waals surface area contributed by atoms with Crippen LogP contribution in [0.2, 0.25) is 0 Å². The van der Waals surface area contributed by atoms with E-state index in [1.54, 1.807) is 13.0 Å². The molecule has 1 saturated heterocycles. The molecule has 1 aliphatic heterocycles. The third-order valence-corrected chi connectivity index (χ3v) is 3.17. The number of nitrogens with zero attached hydrogens (tertiary/aromatic N) is 1. The molecule has 0 saturated carbocycles. The van der Waals surface area contributed by atoms with Crippen LogP contribution in [0.25, 0.3) is 0 Å². The molecule has 1 aromatic carbocycles. The van der Waals surface area contributed by atoms with Gasteiger partial charge in [0, 0.05) is 31.2 Å². The van der Waals surface area contributed by atoms with E-state index < -0.39 is 11.8 Å². The average molecular weight is 254 g/mol. The van der Waals surface area contributed by atoms with E-state index >= 15 is 0 Å². The fourth-order valence-electron chi connectivity index (χ4n) is 2.09. The van der Waals surface area contributed by atoms with Gasteiger partial charge in [0.15, 0.2) is 0 Å². The van der Waals surface area contributed by atoms with Crippen LogP contribution in [0.3, 0.4) is 0 Å². The predicted octanol–water partition coefficient (Wildman–Crippen LogP) is 1.60. The van der Waals surface area contributed by atoms with Crippen molar-refractivity contribution < 1.29 is 13.6 Å². The fourth-order valence-corrected chi connectivity index (χ4v) is 2.09. The summed E-state index contributed by atoms with van der Waals surface area (Å²) in [5.41, 5.74) is -0.249. The third kappa shape index (κ3) is 2.36. The van der Waals surface area contributed by atoms with Crippen molar-refractivity contribution in [2.24, 2.45) is 0 Å². The van der Waals surface area contributed by atoms with Gasteiger partial charge in [-0.05, 0) is 6.92 Å². The molecule has 0 spiro atoms. The largest absolute Gasteiger partial charge is 0.349 e. The first kappa shape index (κ1) is 13.0. The Morgan fingerprint density at radius 1 is 1.39 bits per heavy atom. The summed E-state index contributed by atoms with van der Waals surface area (Å²) in [7, 11) is 0. The molecule has 0 bridgehead atoms. The third-order valence-electron chi connectivity index (χ3n) is 3.17. The number of alkyl halides is 2. The van der Waals surface area contributed by atoms with Gasteiger partial charge in [0.05, 0.1) is 0 Å². The number of carbonyl (C=O) groups is 1. The molecule has 0 unspecified atom stereocenters. The highest BCUT2D eigenvalue weighted by Crippen LogP contribution is 2.30. The van der Waals surface area contributed by atoms with Gasteiger partial charge in [-0.2, -0.15) is 8.78 Å². The van der Waals surface area contributed by atoms with Crippen molar-refractivity contribution in [2.75, 3.05) is 19.6 Å². The molecular formula is C13H16F2N2O. The van der Waals surface area contributed by atoms with Crippen LogP contribution in [0.1, 0.15) is 12.5 Å². The van der Waals surface area contributed by atoms with Gasteiger partial charge in [-0.1, -0.05) is 30.3 Å². The number of hydrogen-bond acceptors (Lipinski definition) is 2. The summed E-state index contributed by atoms with van der Waals surface area (Å²) in [4.78, 5) is 13.2. The SMILES string of the molecule is C[C@@H]1CNCCN1C(=O)C(F)(F)c1ccccc1. The molecule has 2 rings (SSSR count). The number of carbonyl (C=O) groups excluding carboxylic acids is 1. The van der Waals surface area contributed by atoms with Crippen LogP contribution in [-0.2, 0) is 10.7 Å². The highest BCUT2D eigenvalue weighted by atomic mass is 19.3. The molecule has 1 atom stereocenters. The van der Waals surface area contributed by atoms with Gasteiger partial charge in [0.2, 0.25) is 0 Å². The lowest BCUT2D eigenvalue weighted by atomic mass is 10.1. The number of piperazine rings is 1. The molecule has 1 heterocycles. The van der Waals surface area contributed by atoms with Crippen molar-refractivity contribution in [2.45, 2.75) is 18.9 Å². The van der Waals surface area contributed by atoms with Crippen molar-refractivity contribution in [1.82, 2.24) is 10.2 Å². The molecule has 3 nitrogen and oxygen atoms in total. The second-order valence-electron chi connectivity index (χ2n) is 4.49. The van der Waals surface area contributed by atoms with E-state index in [0.717, 1.165) is 0 Å². The minimum Gasteiger partial charge on any atom is -0.332 e. The van der Waals surface area contributed by atoms with E-state index in [1.165, 1.54) is 29.2 Å². The van der Waals surface area contributed by atoms with Crippen LogP contribution < -0.4 is 5.32 Å². The standard InChI is InChI=1S/C13H16F2N2O/c1-10-9-16-7-8-17(10)12(18)13(14,15)11-5-3-2-4-6-11/h2-6,10,16H,7-9H2,1H3/t10-/m1/s1. The first-order valence-corrected chi connectivity index (χ1v) is 5.98. The van der Waals surface area contributed by atoms with Gasteiger partial charge >= 0.3 is 5.92 Å². The van der Waals surface area contributed by atoms with E-state index in [9.17, 15) is 13.6 Å². The van der Waals surface area contributed by atoms with E-state index in [4.69, 9.17) is 0 Å². The molecule has 0 aromatic heterocycles. The van der Waals surface area contributed by atoms with E-state index in [-0.39, 0.29) is 11.6 Å². The Kier molecular flexibility index (Phi) is 3.61. The van der Waals surface area contributed by atoms with Gasteiger partial charge in [-0.3, -0.25) is 4.79 Å². The van der Waals surface area contributed by atoms with E-state index in [1.807, 2.05) is 0 Å². The van der Waals surface area contributed by atoms with Crippen LogP contribution >= 0.6 is 0 Å². The molecule has 1 N–H and O–H groups in total. The van der Waals surface area contributed by atoms with Gasteiger partial charge in [-0.25, -0.2) is 0 Å². The quantitative estimate of drug-likeness (QED) is 0.869. The van der Waals surface area contributed by atoms with Crippen LogP contribution in [-0.4, -0.2) is 36.5 Å². The molecular weight excluding hydrogens is 238 g/mol. The lowest BCUT2D eigenvalue weighted by molar-refractivity contribution is -0.162. The van der Waals surface area contributed by atoms with Crippen molar-refractivity contribution in [3.8, 4) is 0 Å². The number of benzene rings is 1. The summed E-state index contributed by atoms with van der Waals surface area (Å²) in [5, 5.41) is 3.07. The van der Waals surface area contributed by atoms with E-state index in [2.05, 4.69) is 5.32 Å². The normalized spacial score (nSPS) is 20.8.